The monoisotopic (exact) mass is 352 g/mol. The molecule has 0 bridgehead atoms. The normalized spacial score (nSPS) is 21.2. The highest BCUT2D eigenvalue weighted by atomic mass is 32.2. The van der Waals surface area contributed by atoms with Gasteiger partial charge in [0.25, 0.3) is 0 Å². The molecular formula is C16H24N4O3S. The van der Waals surface area contributed by atoms with Crippen molar-refractivity contribution in [3.8, 4) is 6.07 Å². The van der Waals surface area contributed by atoms with Gasteiger partial charge < -0.3 is 10.1 Å². The van der Waals surface area contributed by atoms with Crippen LogP contribution in [0.15, 0.2) is 12.1 Å². The Morgan fingerprint density at radius 1 is 1.42 bits per heavy atom. The molecule has 0 unspecified atom stereocenters. The van der Waals surface area contributed by atoms with Gasteiger partial charge in [0.15, 0.2) is 0 Å². The average molecular weight is 352 g/mol. The molecule has 1 aliphatic rings. The molecule has 1 aromatic heterocycles. The molecule has 7 nitrogen and oxygen atoms in total. The van der Waals surface area contributed by atoms with E-state index < -0.39 is 10.0 Å². The van der Waals surface area contributed by atoms with Crippen molar-refractivity contribution < 1.29 is 13.2 Å². The molecule has 0 spiro atoms. The number of sulfonamides is 1. The minimum atomic E-state index is -3.32. The van der Waals surface area contributed by atoms with Crippen LogP contribution >= 0.6 is 0 Å². The first-order valence-electron chi connectivity index (χ1n) is 7.90. The highest BCUT2D eigenvalue weighted by molar-refractivity contribution is 7.89. The molecule has 2 rings (SSSR count). The molecule has 24 heavy (non-hydrogen) atoms. The highest BCUT2D eigenvalue weighted by Crippen LogP contribution is 2.24. The van der Waals surface area contributed by atoms with Crippen molar-refractivity contribution in [2.45, 2.75) is 25.8 Å². The predicted octanol–water partition coefficient (Wildman–Crippen LogP) is 1.39. The van der Waals surface area contributed by atoms with Gasteiger partial charge in [-0.2, -0.15) is 5.26 Å². The molecule has 0 aliphatic carbocycles. The molecule has 2 atom stereocenters. The highest BCUT2D eigenvalue weighted by Gasteiger charge is 2.33. The Morgan fingerprint density at radius 3 is 2.71 bits per heavy atom. The zero-order valence-corrected chi connectivity index (χ0v) is 15.3. The number of ether oxygens (including phenoxy) is 1. The third-order valence-corrected chi connectivity index (χ3v) is 6.09. The largest absolute Gasteiger partial charge is 0.379 e. The van der Waals surface area contributed by atoms with E-state index in [2.05, 4.69) is 16.4 Å². The van der Waals surface area contributed by atoms with Crippen molar-refractivity contribution in [3.05, 3.63) is 23.4 Å². The molecule has 1 aromatic rings. The van der Waals surface area contributed by atoms with E-state index in [4.69, 9.17) is 4.74 Å². The van der Waals surface area contributed by atoms with E-state index in [1.165, 1.54) is 18.4 Å². The molecule has 0 radical (unpaired) electrons. The zero-order valence-electron chi connectivity index (χ0n) is 14.5. The van der Waals surface area contributed by atoms with Gasteiger partial charge in [-0.15, -0.1) is 0 Å². The minimum absolute atomic E-state index is 0.00340. The topological polar surface area (TPSA) is 95.3 Å². The van der Waals surface area contributed by atoms with Gasteiger partial charge in [-0.1, -0.05) is 13.8 Å². The molecule has 0 saturated carbocycles. The van der Waals surface area contributed by atoms with E-state index >= 15 is 0 Å². The second-order valence-electron chi connectivity index (χ2n) is 6.51. The van der Waals surface area contributed by atoms with Gasteiger partial charge in [-0.25, -0.2) is 17.7 Å². The number of hydrogen-bond acceptors (Lipinski definition) is 6. The summed E-state index contributed by atoms with van der Waals surface area (Å²) in [6.45, 7) is 4.83. The van der Waals surface area contributed by atoms with Crippen molar-refractivity contribution in [2.24, 2.45) is 5.92 Å². The summed E-state index contributed by atoms with van der Waals surface area (Å²) in [5.74, 6) is 0.548. The van der Waals surface area contributed by atoms with Crippen molar-refractivity contribution in [1.82, 2.24) is 9.29 Å². The number of anilines is 1. The number of rotatable bonds is 6. The fraction of sp³-hybridized carbons (Fsp3) is 0.625. The molecule has 0 amide bonds. The number of nitriles is 1. The first-order valence-corrected chi connectivity index (χ1v) is 9.51. The van der Waals surface area contributed by atoms with E-state index in [0.717, 1.165) is 5.69 Å². The predicted molar refractivity (Wildman–Crippen MR) is 92.2 cm³/mol. The van der Waals surface area contributed by atoms with Crippen LogP contribution in [0.2, 0.25) is 0 Å². The summed E-state index contributed by atoms with van der Waals surface area (Å²) in [5, 5.41) is 12.5. The molecule has 2 heterocycles. The quantitative estimate of drug-likeness (QED) is 0.831. The third kappa shape index (κ3) is 4.23. The Hall–Kier alpha value is -1.69. The SMILES string of the molecule is CC(C)c1ccc(C#N)c(N[C@H]2COC[C@H]2CS(=O)(=O)N(C)C)n1. The van der Waals surface area contributed by atoms with Gasteiger partial charge in [0.05, 0.1) is 30.6 Å². The van der Waals surface area contributed by atoms with Crippen molar-refractivity contribution >= 4 is 15.8 Å². The van der Waals surface area contributed by atoms with E-state index in [1.54, 1.807) is 6.07 Å². The molecule has 1 aliphatic heterocycles. The maximum absolute atomic E-state index is 12.1. The number of aromatic nitrogens is 1. The minimum Gasteiger partial charge on any atom is -0.379 e. The van der Waals surface area contributed by atoms with Crippen LogP contribution in [0.5, 0.6) is 0 Å². The fourth-order valence-electron chi connectivity index (χ4n) is 2.51. The van der Waals surface area contributed by atoms with E-state index in [-0.39, 0.29) is 23.6 Å². The Bertz CT molecular complexity index is 725. The van der Waals surface area contributed by atoms with Crippen LogP contribution in [-0.4, -0.2) is 56.8 Å². The van der Waals surface area contributed by atoms with Crippen molar-refractivity contribution in [3.63, 3.8) is 0 Å². The summed E-state index contributed by atoms with van der Waals surface area (Å²) in [4.78, 5) is 4.52. The van der Waals surface area contributed by atoms with Crippen molar-refractivity contribution in [2.75, 3.05) is 38.4 Å². The Kier molecular flexibility index (Phi) is 5.80. The van der Waals surface area contributed by atoms with Crippen LogP contribution in [-0.2, 0) is 14.8 Å². The standard InChI is InChI=1S/C16H24N4O3S/c1-11(2)14-6-5-12(7-17)16(18-14)19-15-9-23-8-13(15)10-24(21,22)20(3)4/h5-6,11,13,15H,8-10H2,1-4H3,(H,18,19)/t13-,15-/m0/s1. The maximum atomic E-state index is 12.1. The first-order chi connectivity index (χ1) is 11.2. The molecule has 0 aromatic carbocycles. The first kappa shape index (κ1) is 18.6. The van der Waals surface area contributed by atoms with E-state index in [1.807, 2.05) is 19.9 Å². The molecule has 1 N–H and O–H groups in total. The Morgan fingerprint density at radius 2 is 2.12 bits per heavy atom. The van der Waals surface area contributed by atoms with Crippen LogP contribution in [0.3, 0.4) is 0 Å². The number of nitrogens with one attached hydrogen (secondary N) is 1. The molecule has 8 heteroatoms. The average Bonchev–Trinajstić information content (AvgIpc) is 2.93. The second-order valence-corrected chi connectivity index (χ2v) is 8.74. The molecule has 132 valence electrons. The second kappa shape index (κ2) is 7.47. The summed E-state index contributed by atoms with van der Waals surface area (Å²) < 4.78 is 30.9. The summed E-state index contributed by atoms with van der Waals surface area (Å²) in [6, 6.07) is 5.51. The van der Waals surface area contributed by atoms with Gasteiger partial charge in [-0.05, 0) is 18.1 Å². The fourth-order valence-corrected chi connectivity index (χ4v) is 3.68. The van der Waals surface area contributed by atoms with Crippen LogP contribution in [0.25, 0.3) is 0 Å². The number of hydrogen-bond donors (Lipinski definition) is 1. The van der Waals surface area contributed by atoms with Crippen LogP contribution < -0.4 is 5.32 Å². The zero-order chi connectivity index (χ0) is 17.9. The third-order valence-electron chi connectivity index (χ3n) is 4.13. The smallest absolute Gasteiger partial charge is 0.214 e. The lowest BCUT2D eigenvalue weighted by molar-refractivity contribution is 0.187. The summed E-state index contributed by atoms with van der Waals surface area (Å²) >= 11 is 0. The molecule has 1 saturated heterocycles. The number of nitrogens with zero attached hydrogens (tertiary/aromatic N) is 3. The summed E-state index contributed by atoms with van der Waals surface area (Å²) in [6.07, 6.45) is 0. The van der Waals surface area contributed by atoms with E-state index in [9.17, 15) is 13.7 Å². The van der Waals surface area contributed by atoms with Crippen LogP contribution in [0, 0.1) is 17.2 Å². The Labute approximate surface area is 143 Å². The Balaban J connectivity index is 2.20. The van der Waals surface area contributed by atoms with Gasteiger partial charge in [0.1, 0.15) is 11.9 Å². The van der Waals surface area contributed by atoms with Gasteiger partial charge >= 0.3 is 0 Å². The van der Waals surface area contributed by atoms with Crippen LogP contribution in [0.4, 0.5) is 5.82 Å². The molecular weight excluding hydrogens is 328 g/mol. The number of pyridine rings is 1. The lowest BCUT2D eigenvalue weighted by Gasteiger charge is -2.22. The van der Waals surface area contributed by atoms with Gasteiger partial charge in [-0.3, -0.25) is 0 Å². The lowest BCUT2D eigenvalue weighted by atomic mass is 10.1. The van der Waals surface area contributed by atoms with E-state index in [0.29, 0.717) is 24.6 Å². The molecule has 1 fully saturated rings. The van der Waals surface area contributed by atoms with Crippen LogP contribution in [0.1, 0.15) is 31.0 Å². The lowest BCUT2D eigenvalue weighted by Crippen LogP contribution is -2.37. The van der Waals surface area contributed by atoms with Gasteiger partial charge in [0.2, 0.25) is 10.0 Å². The maximum Gasteiger partial charge on any atom is 0.214 e. The summed E-state index contributed by atoms with van der Waals surface area (Å²) in [7, 11) is -0.270. The van der Waals surface area contributed by atoms with Crippen molar-refractivity contribution in [1.29, 1.82) is 5.26 Å². The van der Waals surface area contributed by atoms with Gasteiger partial charge in [0, 0.05) is 25.7 Å². The summed E-state index contributed by atoms with van der Waals surface area (Å²) in [5.41, 5.74) is 1.33.